The van der Waals surface area contributed by atoms with Gasteiger partial charge in [-0.3, -0.25) is 4.79 Å². The fourth-order valence-electron chi connectivity index (χ4n) is 4.25. The molecule has 230 valence electrons. The van der Waals surface area contributed by atoms with Crippen LogP contribution < -0.4 is 15.4 Å². The first kappa shape index (κ1) is 34.6. The Morgan fingerprint density at radius 1 is 0.905 bits per heavy atom. The number of nitriles is 1. The number of nitrogens with one attached hydrogen (secondary N) is 2. The summed E-state index contributed by atoms with van der Waals surface area (Å²) in [6.45, 7) is 6.48. The normalized spacial score (nSPS) is 11.8. The van der Waals surface area contributed by atoms with Crippen molar-refractivity contribution >= 4 is 29.3 Å². The molecule has 1 atom stereocenters. The summed E-state index contributed by atoms with van der Waals surface area (Å²) in [4.78, 5) is 36.7. The van der Waals surface area contributed by atoms with E-state index in [0.717, 1.165) is 37.0 Å². The van der Waals surface area contributed by atoms with Gasteiger partial charge in [0.15, 0.2) is 0 Å². The predicted octanol–water partition coefficient (Wildman–Crippen LogP) is 6.85. The summed E-state index contributed by atoms with van der Waals surface area (Å²) in [7, 11) is 0. The third-order valence-corrected chi connectivity index (χ3v) is 7.41. The second-order valence-corrected chi connectivity index (χ2v) is 12.4. The van der Waals surface area contributed by atoms with E-state index in [0.29, 0.717) is 22.9 Å². The minimum absolute atomic E-state index is 0.0953. The fourth-order valence-corrected chi connectivity index (χ4v) is 4.97. The average molecular weight is 600 g/mol. The SMILES string of the molecule is CC(C)(C)OC(=O)N[C@@H](Cc1ccc(OCCCCCCCCCCCCNC(=O)c2ccc(C#N)s2)cc1)C(=O)O. The first-order valence-corrected chi connectivity index (χ1v) is 15.6. The van der Waals surface area contributed by atoms with Crippen molar-refractivity contribution in [3.8, 4) is 11.8 Å². The number of alkyl carbamates (subject to hydrolysis) is 1. The second kappa shape index (κ2) is 18.8. The number of benzene rings is 1. The summed E-state index contributed by atoms with van der Waals surface area (Å²) in [5, 5.41) is 23.6. The molecule has 1 heterocycles. The monoisotopic (exact) mass is 599 g/mol. The molecule has 0 fully saturated rings. The quantitative estimate of drug-likeness (QED) is 0.150. The van der Waals surface area contributed by atoms with Gasteiger partial charge < -0.3 is 25.2 Å². The number of ether oxygens (including phenoxy) is 2. The van der Waals surface area contributed by atoms with Crippen molar-refractivity contribution in [1.29, 1.82) is 5.26 Å². The van der Waals surface area contributed by atoms with Crippen LogP contribution in [0.5, 0.6) is 5.75 Å². The maximum atomic E-state index is 12.0. The molecule has 0 radical (unpaired) electrons. The molecule has 0 unspecified atom stereocenters. The maximum Gasteiger partial charge on any atom is 0.408 e. The summed E-state index contributed by atoms with van der Waals surface area (Å²) in [5.74, 6) is -0.474. The highest BCUT2D eigenvalue weighted by molar-refractivity contribution is 7.14. The molecule has 2 amide bonds. The number of amides is 2. The molecule has 2 aromatic rings. The molecule has 0 aliphatic rings. The van der Waals surface area contributed by atoms with E-state index in [1.165, 1.54) is 49.9 Å². The smallest absolute Gasteiger partial charge is 0.408 e. The Kier molecular flexibility index (Phi) is 15.5. The van der Waals surface area contributed by atoms with Gasteiger partial charge in [0.05, 0.1) is 11.5 Å². The first-order valence-electron chi connectivity index (χ1n) is 14.8. The van der Waals surface area contributed by atoms with Gasteiger partial charge in [-0.1, -0.05) is 63.5 Å². The van der Waals surface area contributed by atoms with Crippen molar-refractivity contribution < 1.29 is 29.0 Å². The van der Waals surface area contributed by atoms with Gasteiger partial charge in [-0.25, -0.2) is 9.59 Å². The Hall–Kier alpha value is -3.58. The van der Waals surface area contributed by atoms with Crippen LogP contribution >= 0.6 is 11.3 Å². The Balaban J connectivity index is 1.46. The summed E-state index contributed by atoms with van der Waals surface area (Å²) >= 11 is 1.22. The lowest BCUT2D eigenvalue weighted by molar-refractivity contribution is -0.139. The third kappa shape index (κ3) is 14.9. The van der Waals surface area contributed by atoms with Crippen LogP contribution in [0.3, 0.4) is 0 Å². The molecule has 0 aliphatic heterocycles. The summed E-state index contributed by atoms with van der Waals surface area (Å²) in [6, 6.07) is 11.6. The van der Waals surface area contributed by atoms with Crippen molar-refractivity contribution in [2.75, 3.05) is 13.2 Å². The molecule has 42 heavy (non-hydrogen) atoms. The van der Waals surface area contributed by atoms with Gasteiger partial charge in [-0.05, 0) is 63.4 Å². The number of carboxylic acids is 1. The van der Waals surface area contributed by atoms with E-state index in [1.54, 1.807) is 32.9 Å². The van der Waals surface area contributed by atoms with E-state index < -0.39 is 23.7 Å². The molecule has 0 bridgehead atoms. The van der Waals surface area contributed by atoms with E-state index in [4.69, 9.17) is 14.7 Å². The van der Waals surface area contributed by atoms with Gasteiger partial charge in [0.1, 0.15) is 28.3 Å². The van der Waals surface area contributed by atoms with Gasteiger partial charge in [-0.15, -0.1) is 11.3 Å². The molecule has 1 aromatic carbocycles. The predicted molar refractivity (Wildman–Crippen MR) is 164 cm³/mol. The number of hydrogen-bond acceptors (Lipinski definition) is 7. The Morgan fingerprint density at radius 2 is 1.50 bits per heavy atom. The van der Waals surface area contributed by atoms with E-state index >= 15 is 0 Å². The molecule has 2 rings (SSSR count). The number of aliphatic carboxylic acids is 1. The van der Waals surface area contributed by atoms with Crippen LogP contribution in [0, 0.1) is 11.3 Å². The molecule has 9 nitrogen and oxygen atoms in total. The van der Waals surface area contributed by atoms with Gasteiger partial charge in [0.25, 0.3) is 5.91 Å². The van der Waals surface area contributed by atoms with Gasteiger partial charge in [-0.2, -0.15) is 5.26 Å². The number of thiophene rings is 1. The van der Waals surface area contributed by atoms with E-state index in [9.17, 15) is 19.5 Å². The van der Waals surface area contributed by atoms with Gasteiger partial charge >= 0.3 is 12.1 Å². The Bertz CT molecular complexity index is 1150. The lowest BCUT2D eigenvalue weighted by atomic mass is 10.1. The molecule has 0 saturated heterocycles. The number of hydrogen-bond donors (Lipinski definition) is 3. The summed E-state index contributed by atoms with van der Waals surface area (Å²) < 4.78 is 11.0. The lowest BCUT2D eigenvalue weighted by Crippen LogP contribution is -2.44. The highest BCUT2D eigenvalue weighted by Crippen LogP contribution is 2.17. The van der Waals surface area contributed by atoms with Crippen LogP contribution in [-0.4, -0.2) is 47.9 Å². The van der Waals surface area contributed by atoms with Crippen LogP contribution in [0.1, 0.15) is 105 Å². The number of carboxylic acid groups (broad SMARTS) is 1. The van der Waals surface area contributed by atoms with Gasteiger partial charge in [0, 0.05) is 13.0 Å². The molecular weight excluding hydrogens is 554 g/mol. The topological polar surface area (TPSA) is 138 Å². The zero-order chi connectivity index (χ0) is 30.8. The van der Waals surface area contributed by atoms with Crippen LogP contribution in [0.2, 0.25) is 0 Å². The van der Waals surface area contributed by atoms with Crippen LogP contribution in [0.15, 0.2) is 36.4 Å². The molecule has 10 heteroatoms. The number of rotatable bonds is 19. The zero-order valence-corrected chi connectivity index (χ0v) is 25.9. The summed E-state index contributed by atoms with van der Waals surface area (Å²) in [5.41, 5.74) is 0.0789. The number of nitrogens with zero attached hydrogens (tertiary/aromatic N) is 1. The fraction of sp³-hybridized carbons (Fsp3) is 0.562. The molecule has 1 aromatic heterocycles. The molecule has 0 spiro atoms. The van der Waals surface area contributed by atoms with Crippen molar-refractivity contribution in [2.45, 2.75) is 103 Å². The van der Waals surface area contributed by atoms with Crippen molar-refractivity contribution in [2.24, 2.45) is 0 Å². The first-order chi connectivity index (χ1) is 20.1. The molecule has 0 saturated carbocycles. The summed E-state index contributed by atoms with van der Waals surface area (Å²) in [6.07, 6.45) is 10.8. The second-order valence-electron chi connectivity index (χ2n) is 11.3. The molecule has 3 N–H and O–H groups in total. The van der Waals surface area contributed by atoms with Crippen molar-refractivity contribution in [3.63, 3.8) is 0 Å². The third-order valence-electron chi connectivity index (χ3n) is 6.42. The minimum Gasteiger partial charge on any atom is -0.494 e. The van der Waals surface area contributed by atoms with Crippen LogP contribution in [-0.2, 0) is 16.0 Å². The van der Waals surface area contributed by atoms with Crippen LogP contribution in [0.25, 0.3) is 0 Å². The van der Waals surface area contributed by atoms with E-state index in [-0.39, 0.29) is 12.3 Å². The highest BCUT2D eigenvalue weighted by Gasteiger charge is 2.24. The average Bonchev–Trinajstić information content (AvgIpc) is 3.42. The van der Waals surface area contributed by atoms with Crippen molar-refractivity contribution in [1.82, 2.24) is 10.6 Å². The highest BCUT2D eigenvalue weighted by atomic mass is 32.1. The van der Waals surface area contributed by atoms with E-state index in [1.807, 2.05) is 24.3 Å². The largest absolute Gasteiger partial charge is 0.494 e. The zero-order valence-electron chi connectivity index (χ0n) is 25.1. The standard InChI is InChI=1S/C32H45N3O6S/c1-32(2,3)41-31(39)35-27(30(37)38)22-24-14-16-25(17-15-24)40-21-13-11-9-7-5-4-6-8-10-12-20-34-29(36)28-19-18-26(23-33)42-28/h14-19,27H,4-13,20-22H2,1-3H3,(H,34,36)(H,35,39)(H,37,38)/t27-/m0/s1. The van der Waals surface area contributed by atoms with Crippen molar-refractivity contribution in [3.05, 3.63) is 51.7 Å². The lowest BCUT2D eigenvalue weighted by Gasteiger charge is -2.22. The molecular formula is C32H45N3O6S. The van der Waals surface area contributed by atoms with Gasteiger partial charge in [0.2, 0.25) is 0 Å². The Morgan fingerprint density at radius 3 is 2.05 bits per heavy atom. The van der Waals surface area contributed by atoms with Crippen LogP contribution in [0.4, 0.5) is 4.79 Å². The van der Waals surface area contributed by atoms with E-state index in [2.05, 4.69) is 16.7 Å². The molecule has 0 aliphatic carbocycles. The minimum atomic E-state index is -1.12. The maximum absolute atomic E-state index is 12.0. The Labute approximate surface area is 253 Å². The number of unbranched alkanes of at least 4 members (excludes halogenated alkanes) is 9. The number of carbonyl (C=O) groups excluding carboxylic acids is 2. The number of carbonyl (C=O) groups is 3.